The minimum absolute atomic E-state index is 0. The Hall–Kier alpha value is -0.830. The summed E-state index contributed by atoms with van der Waals surface area (Å²) in [5.74, 6) is 1.54. The summed E-state index contributed by atoms with van der Waals surface area (Å²) in [6, 6.07) is 0. The van der Waals surface area contributed by atoms with E-state index >= 15 is 0 Å². The number of piperidine rings is 1. The molecule has 0 aliphatic carbocycles. The second-order valence-electron chi connectivity index (χ2n) is 6.43. The SMILES string of the molecule is C=CCNC(=NCC(=O)N(C)C)NCCCN1CCC(C)CC1.I. The number of halogens is 1. The van der Waals surface area contributed by atoms with Crippen LogP contribution in [0.4, 0.5) is 0 Å². The van der Waals surface area contributed by atoms with Gasteiger partial charge >= 0.3 is 0 Å². The number of hydrogen-bond acceptors (Lipinski definition) is 3. The molecule has 0 radical (unpaired) electrons. The van der Waals surface area contributed by atoms with Gasteiger partial charge in [-0.25, -0.2) is 4.99 Å². The highest BCUT2D eigenvalue weighted by molar-refractivity contribution is 14.0. The third-order valence-electron chi connectivity index (χ3n) is 4.10. The van der Waals surface area contributed by atoms with E-state index in [1.54, 1.807) is 25.1 Å². The number of likely N-dealkylation sites (tertiary alicyclic amines) is 1. The van der Waals surface area contributed by atoms with Crippen molar-refractivity contribution in [1.29, 1.82) is 0 Å². The number of aliphatic imine (C=N–C) groups is 1. The lowest BCUT2D eigenvalue weighted by Gasteiger charge is -2.30. The molecule has 7 heteroatoms. The van der Waals surface area contributed by atoms with Crippen molar-refractivity contribution < 1.29 is 4.79 Å². The van der Waals surface area contributed by atoms with Gasteiger partial charge in [0.25, 0.3) is 0 Å². The third kappa shape index (κ3) is 10.1. The molecule has 1 heterocycles. The highest BCUT2D eigenvalue weighted by Crippen LogP contribution is 2.15. The fourth-order valence-corrected chi connectivity index (χ4v) is 2.43. The van der Waals surface area contributed by atoms with Gasteiger partial charge in [0.15, 0.2) is 5.96 Å². The van der Waals surface area contributed by atoms with Crippen molar-refractivity contribution in [1.82, 2.24) is 20.4 Å². The quantitative estimate of drug-likeness (QED) is 0.193. The number of nitrogens with zero attached hydrogens (tertiary/aromatic N) is 3. The van der Waals surface area contributed by atoms with E-state index in [4.69, 9.17) is 0 Å². The first-order valence-electron chi connectivity index (χ1n) is 8.58. The molecule has 1 rings (SSSR count). The Morgan fingerprint density at radius 2 is 2.00 bits per heavy atom. The number of rotatable bonds is 8. The van der Waals surface area contributed by atoms with Crippen LogP contribution in [0.3, 0.4) is 0 Å². The van der Waals surface area contributed by atoms with Gasteiger partial charge in [-0.3, -0.25) is 4.79 Å². The molecule has 0 aromatic rings. The van der Waals surface area contributed by atoms with Crippen molar-refractivity contribution in [2.75, 3.05) is 53.4 Å². The highest BCUT2D eigenvalue weighted by Gasteiger charge is 2.14. The molecule has 1 fully saturated rings. The van der Waals surface area contributed by atoms with Gasteiger partial charge in [0.1, 0.15) is 6.54 Å². The smallest absolute Gasteiger partial charge is 0.243 e. The second-order valence-corrected chi connectivity index (χ2v) is 6.43. The van der Waals surface area contributed by atoms with Crippen LogP contribution in [0.25, 0.3) is 0 Å². The number of carbonyl (C=O) groups is 1. The number of likely N-dealkylation sites (N-methyl/N-ethyl adjacent to an activating group) is 1. The van der Waals surface area contributed by atoms with E-state index in [0.29, 0.717) is 12.5 Å². The zero-order chi connectivity index (χ0) is 17.1. The van der Waals surface area contributed by atoms with Gasteiger partial charge in [-0.15, -0.1) is 30.6 Å². The Labute approximate surface area is 164 Å². The van der Waals surface area contributed by atoms with Crippen LogP contribution < -0.4 is 10.6 Å². The van der Waals surface area contributed by atoms with Crippen molar-refractivity contribution in [3.63, 3.8) is 0 Å². The van der Waals surface area contributed by atoms with Gasteiger partial charge in [0, 0.05) is 27.2 Å². The average Bonchev–Trinajstić information content (AvgIpc) is 2.54. The Balaban J connectivity index is 0.00000529. The zero-order valence-electron chi connectivity index (χ0n) is 15.4. The van der Waals surface area contributed by atoms with Crippen LogP contribution in [0.5, 0.6) is 0 Å². The topological polar surface area (TPSA) is 60.0 Å². The van der Waals surface area contributed by atoms with Crippen molar-refractivity contribution in [3.8, 4) is 0 Å². The van der Waals surface area contributed by atoms with Crippen molar-refractivity contribution in [2.45, 2.75) is 26.2 Å². The molecule has 0 aromatic heterocycles. The Bertz CT molecular complexity index is 392. The van der Waals surface area contributed by atoms with E-state index < -0.39 is 0 Å². The van der Waals surface area contributed by atoms with Crippen LogP contribution in [0.15, 0.2) is 17.6 Å². The van der Waals surface area contributed by atoms with Crippen LogP contribution in [0, 0.1) is 5.92 Å². The summed E-state index contributed by atoms with van der Waals surface area (Å²) in [5.41, 5.74) is 0. The van der Waals surface area contributed by atoms with Crippen molar-refractivity contribution in [2.24, 2.45) is 10.9 Å². The van der Waals surface area contributed by atoms with Crippen LogP contribution in [0.1, 0.15) is 26.2 Å². The van der Waals surface area contributed by atoms with Gasteiger partial charge in [0.05, 0.1) is 0 Å². The lowest BCUT2D eigenvalue weighted by atomic mass is 9.99. The van der Waals surface area contributed by atoms with Crippen LogP contribution in [-0.4, -0.2) is 75.0 Å². The molecule has 0 aromatic carbocycles. The number of hydrogen-bond donors (Lipinski definition) is 2. The Morgan fingerprint density at radius 1 is 1.33 bits per heavy atom. The van der Waals surface area contributed by atoms with E-state index in [-0.39, 0.29) is 36.4 Å². The fourth-order valence-electron chi connectivity index (χ4n) is 2.43. The van der Waals surface area contributed by atoms with Gasteiger partial charge in [0.2, 0.25) is 5.91 Å². The molecule has 1 saturated heterocycles. The molecule has 1 aliphatic rings. The summed E-state index contributed by atoms with van der Waals surface area (Å²) in [7, 11) is 3.48. The normalized spacial score (nSPS) is 16.2. The first-order valence-corrected chi connectivity index (χ1v) is 8.58. The molecule has 24 heavy (non-hydrogen) atoms. The summed E-state index contributed by atoms with van der Waals surface area (Å²) in [6.45, 7) is 11.2. The number of nitrogens with one attached hydrogen (secondary N) is 2. The predicted molar refractivity (Wildman–Crippen MR) is 112 cm³/mol. The molecule has 1 amide bonds. The second kappa shape index (κ2) is 13.5. The van der Waals surface area contributed by atoms with Crippen LogP contribution in [0.2, 0.25) is 0 Å². The Morgan fingerprint density at radius 3 is 2.58 bits per heavy atom. The zero-order valence-corrected chi connectivity index (χ0v) is 17.7. The molecule has 0 saturated carbocycles. The predicted octanol–water partition coefficient (Wildman–Crippen LogP) is 1.54. The molecule has 0 bridgehead atoms. The number of guanidine groups is 1. The summed E-state index contributed by atoms with van der Waals surface area (Å²) < 4.78 is 0. The van der Waals surface area contributed by atoms with Gasteiger partial charge in [-0.1, -0.05) is 13.0 Å². The first-order chi connectivity index (χ1) is 11.0. The van der Waals surface area contributed by atoms with Gasteiger partial charge in [-0.2, -0.15) is 0 Å². The summed E-state index contributed by atoms with van der Waals surface area (Å²) in [4.78, 5) is 20.0. The number of amides is 1. The monoisotopic (exact) mass is 451 g/mol. The van der Waals surface area contributed by atoms with Crippen LogP contribution >= 0.6 is 24.0 Å². The third-order valence-corrected chi connectivity index (χ3v) is 4.10. The first kappa shape index (κ1) is 23.2. The van der Waals surface area contributed by atoms with Gasteiger partial charge in [-0.05, 0) is 44.8 Å². The van der Waals surface area contributed by atoms with Crippen LogP contribution in [-0.2, 0) is 4.79 Å². The standard InChI is InChI=1S/C17H33N5O.HI/c1-5-9-18-17(20-14-16(23)21(3)4)19-10-6-11-22-12-7-15(2)8-13-22;/h5,15H,1,6-14H2,2-4H3,(H2,18,19,20);1H. The minimum atomic E-state index is -0.00728. The molecule has 0 spiro atoms. The number of carbonyl (C=O) groups excluding carboxylic acids is 1. The summed E-state index contributed by atoms with van der Waals surface area (Å²) in [5, 5.41) is 6.44. The van der Waals surface area contributed by atoms with E-state index in [1.807, 2.05) is 0 Å². The maximum Gasteiger partial charge on any atom is 0.243 e. The fraction of sp³-hybridized carbons (Fsp3) is 0.765. The molecular weight excluding hydrogens is 417 g/mol. The summed E-state index contributed by atoms with van der Waals surface area (Å²) >= 11 is 0. The molecule has 140 valence electrons. The highest BCUT2D eigenvalue weighted by atomic mass is 127. The van der Waals surface area contributed by atoms with E-state index in [1.165, 1.54) is 25.9 Å². The molecular formula is C17H34IN5O. The van der Waals surface area contributed by atoms with Crippen molar-refractivity contribution in [3.05, 3.63) is 12.7 Å². The largest absolute Gasteiger partial charge is 0.356 e. The minimum Gasteiger partial charge on any atom is -0.356 e. The molecule has 0 unspecified atom stereocenters. The maximum absolute atomic E-state index is 11.6. The molecule has 0 atom stereocenters. The maximum atomic E-state index is 11.6. The van der Waals surface area contributed by atoms with E-state index in [9.17, 15) is 4.79 Å². The molecule has 2 N–H and O–H groups in total. The van der Waals surface area contributed by atoms with E-state index in [2.05, 4.69) is 34.0 Å². The van der Waals surface area contributed by atoms with Crippen molar-refractivity contribution >= 4 is 35.8 Å². The lowest BCUT2D eigenvalue weighted by molar-refractivity contribution is -0.127. The van der Waals surface area contributed by atoms with Gasteiger partial charge < -0.3 is 20.4 Å². The van der Waals surface area contributed by atoms with E-state index in [0.717, 1.165) is 25.4 Å². The lowest BCUT2D eigenvalue weighted by Crippen LogP contribution is -2.40. The summed E-state index contributed by atoms with van der Waals surface area (Å²) in [6.07, 6.45) is 5.48. The average molecular weight is 451 g/mol. The molecule has 1 aliphatic heterocycles. The molecule has 6 nitrogen and oxygen atoms in total. The Kier molecular flexibility index (Phi) is 13.0.